The van der Waals surface area contributed by atoms with Crippen LogP contribution in [0.25, 0.3) is 11.1 Å². The van der Waals surface area contributed by atoms with E-state index in [9.17, 15) is 9.59 Å². The summed E-state index contributed by atoms with van der Waals surface area (Å²) in [7, 11) is 0. The highest BCUT2D eigenvalue weighted by Gasteiger charge is 2.36. The van der Waals surface area contributed by atoms with Gasteiger partial charge in [0.05, 0.1) is 6.04 Å². The average Bonchev–Trinajstić information content (AvgIpc) is 3.11. The van der Waals surface area contributed by atoms with E-state index in [1.54, 1.807) is 6.08 Å². The van der Waals surface area contributed by atoms with Crippen molar-refractivity contribution >= 4 is 11.8 Å². The Balaban J connectivity index is 1.75. The van der Waals surface area contributed by atoms with Gasteiger partial charge in [-0.25, -0.2) is 0 Å². The topological polar surface area (TPSA) is 61.4 Å². The molecule has 2 N–H and O–H groups in total. The van der Waals surface area contributed by atoms with Gasteiger partial charge >= 0.3 is 0 Å². The van der Waals surface area contributed by atoms with Gasteiger partial charge < -0.3 is 10.6 Å². The lowest BCUT2D eigenvalue weighted by Gasteiger charge is -2.21. The van der Waals surface area contributed by atoms with Crippen LogP contribution in [-0.4, -0.2) is 48.4 Å². The zero-order chi connectivity index (χ0) is 19.9. The lowest BCUT2D eigenvalue weighted by Crippen LogP contribution is -2.43. The van der Waals surface area contributed by atoms with Crippen molar-refractivity contribution in [1.82, 2.24) is 15.5 Å². The maximum atomic E-state index is 13.0. The molecule has 2 atom stereocenters. The smallest absolute Gasteiger partial charge is 0.252 e. The predicted molar refractivity (Wildman–Crippen MR) is 112 cm³/mol. The molecule has 0 radical (unpaired) electrons. The summed E-state index contributed by atoms with van der Waals surface area (Å²) in [6, 6.07) is 17.2. The predicted octanol–water partition coefficient (Wildman–Crippen LogP) is 2.85. The molecule has 0 aromatic heterocycles. The van der Waals surface area contributed by atoms with Crippen molar-refractivity contribution in [3.63, 3.8) is 0 Å². The molecule has 0 spiro atoms. The van der Waals surface area contributed by atoms with Crippen LogP contribution in [0.5, 0.6) is 0 Å². The number of nitrogens with one attached hydrogen (secondary N) is 2. The van der Waals surface area contributed by atoms with Gasteiger partial charge in [0.25, 0.3) is 5.91 Å². The van der Waals surface area contributed by atoms with Gasteiger partial charge in [-0.2, -0.15) is 0 Å². The first-order valence-corrected chi connectivity index (χ1v) is 9.72. The SMILES string of the molecule is C=CCN1CC(NC(=O)c2ccccc2-c2ccccc2)CC1C(=O)NCC. The Bertz CT molecular complexity index is 835. The first-order chi connectivity index (χ1) is 13.6. The minimum Gasteiger partial charge on any atom is -0.355 e. The lowest BCUT2D eigenvalue weighted by atomic mass is 9.99. The second-order valence-electron chi connectivity index (χ2n) is 6.97. The van der Waals surface area contributed by atoms with E-state index >= 15 is 0 Å². The average molecular weight is 377 g/mol. The number of hydrogen-bond acceptors (Lipinski definition) is 3. The van der Waals surface area contributed by atoms with Gasteiger partial charge in [0.15, 0.2) is 0 Å². The molecule has 2 unspecified atom stereocenters. The Morgan fingerprint density at radius 2 is 1.86 bits per heavy atom. The van der Waals surface area contributed by atoms with E-state index in [-0.39, 0.29) is 23.9 Å². The third kappa shape index (κ3) is 4.49. The molecule has 1 aliphatic heterocycles. The van der Waals surface area contributed by atoms with Crippen molar-refractivity contribution in [2.24, 2.45) is 0 Å². The molecule has 5 nitrogen and oxygen atoms in total. The molecule has 2 aromatic rings. The van der Waals surface area contributed by atoms with Gasteiger partial charge in [-0.15, -0.1) is 6.58 Å². The summed E-state index contributed by atoms with van der Waals surface area (Å²) in [5.41, 5.74) is 2.56. The fourth-order valence-electron chi connectivity index (χ4n) is 3.75. The van der Waals surface area contributed by atoms with E-state index in [0.29, 0.717) is 31.6 Å². The van der Waals surface area contributed by atoms with Gasteiger partial charge in [0, 0.05) is 31.2 Å². The van der Waals surface area contributed by atoms with Crippen LogP contribution in [0.3, 0.4) is 0 Å². The van der Waals surface area contributed by atoms with Crippen molar-refractivity contribution < 1.29 is 9.59 Å². The number of rotatable bonds is 7. The van der Waals surface area contributed by atoms with Crippen molar-refractivity contribution in [2.45, 2.75) is 25.4 Å². The molecule has 2 aromatic carbocycles. The number of carbonyl (C=O) groups excluding carboxylic acids is 2. The van der Waals surface area contributed by atoms with Crippen LogP contribution < -0.4 is 10.6 Å². The molecule has 146 valence electrons. The first-order valence-electron chi connectivity index (χ1n) is 9.72. The summed E-state index contributed by atoms with van der Waals surface area (Å²) in [4.78, 5) is 27.4. The van der Waals surface area contributed by atoms with Crippen molar-refractivity contribution in [2.75, 3.05) is 19.6 Å². The van der Waals surface area contributed by atoms with Gasteiger partial charge in [-0.3, -0.25) is 14.5 Å². The highest BCUT2D eigenvalue weighted by Crippen LogP contribution is 2.24. The van der Waals surface area contributed by atoms with Gasteiger partial charge in [-0.05, 0) is 30.5 Å². The van der Waals surface area contributed by atoms with E-state index in [1.807, 2.05) is 61.5 Å². The zero-order valence-corrected chi connectivity index (χ0v) is 16.2. The molecule has 1 fully saturated rings. The Morgan fingerprint density at radius 1 is 1.14 bits per heavy atom. The summed E-state index contributed by atoms with van der Waals surface area (Å²) in [6.07, 6.45) is 2.39. The fraction of sp³-hybridized carbons (Fsp3) is 0.304. The van der Waals surface area contributed by atoms with Gasteiger partial charge in [-0.1, -0.05) is 54.6 Å². The lowest BCUT2D eigenvalue weighted by molar-refractivity contribution is -0.125. The molecule has 1 heterocycles. The van der Waals surface area contributed by atoms with Crippen LogP contribution in [-0.2, 0) is 4.79 Å². The summed E-state index contributed by atoms with van der Waals surface area (Å²) >= 11 is 0. The second kappa shape index (κ2) is 9.33. The summed E-state index contributed by atoms with van der Waals surface area (Å²) in [5.74, 6) is -0.106. The number of carbonyl (C=O) groups is 2. The number of likely N-dealkylation sites (N-methyl/N-ethyl adjacent to an activating group) is 1. The standard InChI is InChI=1S/C23H27N3O2/c1-3-14-26-16-18(15-21(26)23(28)24-4-2)25-22(27)20-13-9-8-12-19(20)17-10-6-5-7-11-17/h3,5-13,18,21H,1,4,14-16H2,2H3,(H,24,28)(H,25,27). The molecular weight excluding hydrogens is 350 g/mol. The molecule has 0 saturated carbocycles. The normalized spacial score (nSPS) is 19.2. The van der Waals surface area contributed by atoms with Crippen LogP contribution >= 0.6 is 0 Å². The van der Waals surface area contributed by atoms with Gasteiger partial charge in [0.1, 0.15) is 0 Å². The van der Waals surface area contributed by atoms with Crippen molar-refractivity contribution in [3.8, 4) is 11.1 Å². The minimum absolute atomic E-state index is 0.00536. The summed E-state index contributed by atoms with van der Waals surface area (Å²) in [5, 5.41) is 6.01. The third-order valence-corrected chi connectivity index (χ3v) is 5.01. The van der Waals surface area contributed by atoms with E-state index in [4.69, 9.17) is 0 Å². The number of hydrogen-bond donors (Lipinski definition) is 2. The molecule has 28 heavy (non-hydrogen) atoms. The van der Waals surface area contributed by atoms with Crippen molar-refractivity contribution in [1.29, 1.82) is 0 Å². The zero-order valence-electron chi connectivity index (χ0n) is 16.2. The highest BCUT2D eigenvalue weighted by atomic mass is 16.2. The Labute approximate surface area is 166 Å². The number of amides is 2. The number of likely N-dealkylation sites (tertiary alicyclic amines) is 1. The van der Waals surface area contributed by atoms with E-state index in [2.05, 4.69) is 22.1 Å². The van der Waals surface area contributed by atoms with Gasteiger partial charge in [0.2, 0.25) is 5.91 Å². The maximum absolute atomic E-state index is 13.0. The van der Waals surface area contributed by atoms with Crippen LogP contribution in [0.4, 0.5) is 0 Å². The molecule has 0 bridgehead atoms. The Kier molecular flexibility index (Phi) is 6.61. The van der Waals surface area contributed by atoms with Crippen LogP contribution in [0.1, 0.15) is 23.7 Å². The molecule has 1 aliphatic rings. The summed E-state index contributed by atoms with van der Waals surface area (Å²) < 4.78 is 0. The van der Waals surface area contributed by atoms with Crippen LogP contribution in [0, 0.1) is 0 Å². The molecule has 1 saturated heterocycles. The molecular formula is C23H27N3O2. The van der Waals surface area contributed by atoms with E-state index in [1.165, 1.54) is 0 Å². The Hall–Kier alpha value is -2.92. The molecule has 0 aliphatic carbocycles. The first kappa shape index (κ1) is 19.8. The third-order valence-electron chi connectivity index (χ3n) is 5.01. The quantitative estimate of drug-likeness (QED) is 0.730. The van der Waals surface area contributed by atoms with Crippen LogP contribution in [0.15, 0.2) is 67.3 Å². The maximum Gasteiger partial charge on any atom is 0.252 e. The van der Waals surface area contributed by atoms with E-state index < -0.39 is 0 Å². The minimum atomic E-state index is -0.243. The highest BCUT2D eigenvalue weighted by molar-refractivity contribution is 6.01. The molecule has 5 heteroatoms. The molecule has 3 rings (SSSR count). The van der Waals surface area contributed by atoms with E-state index in [0.717, 1.165) is 11.1 Å². The monoisotopic (exact) mass is 377 g/mol. The molecule has 2 amide bonds. The number of nitrogens with zero attached hydrogens (tertiary/aromatic N) is 1. The van der Waals surface area contributed by atoms with Crippen LogP contribution in [0.2, 0.25) is 0 Å². The fourth-order valence-corrected chi connectivity index (χ4v) is 3.75. The largest absolute Gasteiger partial charge is 0.355 e. The van der Waals surface area contributed by atoms with Crippen molar-refractivity contribution in [3.05, 3.63) is 72.8 Å². The Morgan fingerprint density at radius 3 is 2.57 bits per heavy atom. The summed E-state index contributed by atoms with van der Waals surface area (Å²) in [6.45, 7) is 7.54. The number of benzene rings is 2. The second-order valence-corrected chi connectivity index (χ2v) is 6.97.